The minimum Gasteiger partial charge on any atom is -0.369 e. The summed E-state index contributed by atoms with van der Waals surface area (Å²) < 4.78 is 0. The number of likely N-dealkylation sites (tertiary alicyclic amines) is 1. The molecule has 6 nitrogen and oxygen atoms in total. The number of piperidine rings is 1. The zero-order valence-corrected chi connectivity index (χ0v) is 19.3. The number of amides is 1. The van der Waals surface area contributed by atoms with Crippen LogP contribution in [0.3, 0.4) is 0 Å². The van der Waals surface area contributed by atoms with Crippen molar-refractivity contribution in [3.05, 3.63) is 35.4 Å². The summed E-state index contributed by atoms with van der Waals surface area (Å²) in [6, 6.07) is 8.69. The maximum atomic E-state index is 11.5. The number of benzene rings is 1. The van der Waals surface area contributed by atoms with Gasteiger partial charge < -0.3 is 16.0 Å². The molecule has 166 valence electrons. The maximum Gasteiger partial charge on any atom is 0.221 e. The van der Waals surface area contributed by atoms with Gasteiger partial charge in [0.1, 0.15) is 0 Å². The van der Waals surface area contributed by atoms with Gasteiger partial charge in [0.05, 0.1) is 12.5 Å². The van der Waals surface area contributed by atoms with Gasteiger partial charge in [0, 0.05) is 43.7 Å². The molecule has 2 atom stereocenters. The van der Waals surface area contributed by atoms with Crippen molar-refractivity contribution in [2.45, 2.75) is 51.4 Å². The van der Waals surface area contributed by atoms with E-state index in [2.05, 4.69) is 65.0 Å². The Bertz CT molecular complexity index is 725. The Labute approximate surface area is 185 Å². The molecule has 2 fully saturated rings. The molecule has 1 amide bonds. The van der Waals surface area contributed by atoms with E-state index in [4.69, 9.17) is 10.7 Å². The van der Waals surface area contributed by atoms with E-state index in [9.17, 15) is 4.79 Å². The largest absolute Gasteiger partial charge is 0.369 e. The summed E-state index contributed by atoms with van der Waals surface area (Å²) in [6.45, 7) is 10.8. The topological polar surface area (TPSA) is 74.0 Å². The molecule has 0 aromatic heterocycles. The first kappa shape index (κ1) is 22.9. The highest BCUT2D eigenvalue weighted by atomic mass is 32.2. The van der Waals surface area contributed by atoms with Crippen molar-refractivity contribution < 1.29 is 4.79 Å². The fourth-order valence-corrected chi connectivity index (χ4v) is 5.45. The number of guanidine groups is 1. The van der Waals surface area contributed by atoms with Gasteiger partial charge in [0.25, 0.3) is 0 Å². The maximum absolute atomic E-state index is 11.5. The number of nitrogens with one attached hydrogen (secondary N) is 1. The molecule has 0 saturated carbocycles. The first-order chi connectivity index (χ1) is 14.6. The second-order valence-electron chi connectivity index (χ2n) is 8.31. The summed E-state index contributed by atoms with van der Waals surface area (Å²) in [5.74, 6) is 2.02. The van der Waals surface area contributed by atoms with Crippen LogP contribution >= 0.6 is 11.8 Å². The zero-order valence-electron chi connectivity index (χ0n) is 18.5. The molecule has 2 heterocycles. The molecule has 1 aromatic carbocycles. The van der Waals surface area contributed by atoms with Crippen LogP contribution in [0.25, 0.3) is 0 Å². The molecule has 2 aliphatic heterocycles. The molecule has 30 heavy (non-hydrogen) atoms. The fourth-order valence-electron chi connectivity index (χ4n) is 4.27. The second-order valence-corrected chi connectivity index (χ2v) is 9.72. The minimum atomic E-state index is -0.167. The van der Waals surface area contributed by atoms with Gasteiger partial charge in [-0.05, 0) is 43.9 Å². The van der Waals surface area contributed by atoms with Gasteiger partial charge in [-0.2, -0.15) is 11.8 Å². The van der Waals surface area contributed by atoms with Gasteiger partial charge in [-0.3, -0.25) is 9.69 Å². The van der Waals surface area contributed by atoms with E-state index < -0.39 is 0 Å². The van der Waals surface area contributed by atoms with Crippen LogP contribution in [0.1, 0.15) is 44.2 Å². The fraction of sp³-hybridized carbons (Fsp3) is 0.652. The number of thioether (sulfide) groups is 1. The normalized spacial score (nSPS) is 23.4. The van der Waals surface area contributed by atoms with Crippen LogP contribution in [0.5, 0.6) is 0 Å². The van der Waals surface area contributed by atoms with Crippen LogP contribution in [0.15, 0.2) is 29.3 Å². The van der Waals surface area contributed by atoms with Crippen molar-refractivity contribution in [1.29, 1.82) is 0 Å². The Morgan fingerprint density at radius 1 is 1.27 bits per heavy atom. The van der Waals surface area contributed by atoms with Crippen molar-refractivity contribution in [1.82, 2.24) is 15.1 Å². The van der Waals surface area contributed by atoms with Crippen LogP contribution in [0.2, 0.25) is 0 Å². The van der Waals surface area contributed by atoms with Crippen LogP contribution in [0, 0.1) is 5.92 Å². The van der Waals surface area contributed by atoms with Gasteiger partial charge in [0.2, 0.25) is 5.91 Å². The summed E-state index contributed by atoms with van der Waals surface area (Å²) >= 11 is 2.08. The Balaban J connectivity index is 1.62. The quantitative estimate of drug-likeness (QED) is 0.513. The predicted molar refractivity (Wildman–Crippen MR) is 127 cm³/mol. The molecule has 2 aliphatic rings. The average Bonchev–Trinajstić information content (AvgIpc) is 2.77. The number of nitrogens with two attached hydrogens (primary N) is 1. The number of aliphatic imine (C=N–C) groups is 1. The van der Waals surface area contributed by atoms with Crippen molar-refractivity contribution in [3.63, 3.8) is 0 Å². The highest BCUT2D eigenvalue weighted by Gasteiger charge is 2.24. The first-order valence-electron chi connectivity index (χ1n) is 11.3. The molecule has 0 spiro atoms. The van der Waals surface area contributed by atoms with Crippen LogP contribution in [-0.4, -0.2) is 65.4 Å². The van der Waals surface area contributed by atoms with E-state index in [0.717, 1.165) is 58.1 Å². The van der Waals surface area contributed by atoms with Crippen LogP contribution in [0.4, 0.5) is 0 Å². The number of hydrogen-bond donors (Lipinski definition) is 2. The monoisotopic (exact) mass is 431 g/mol. The third-order valence-corrected chi connectivity index (χ3v) is 7.32. The number of carbonyl (C=O) groups is 1. The number of primary amides is 1. The van der Waals surface area contributed by atoms with Crippen LogP contribution < -0.4 is 11.1 Å². The lowest BCUT2D eigenvalue weighted by molar-refractivity contribution is -0.123. The van der Waals surface area contributed by atoms with Crippen molar-refractivity contribution in [2.75, 3.05) is 38.5 Å². The molecule has 3 rings (SSSR count). The minimum absolute atomic E-state index is 0.0103. The molecule has 0 aliphatic carbocycles. The average molecular weight is 432 g/mol. The lowest BCUT2D eigenvalue weighted by Gasteiger charge is -2.34. The van der Waals surface area contributed by atoms with Gasteiger partial charge >= 0.3 is 0 Å². The number of carbonyl (C=O) groups excluding carboxylic acids is 1. The SMILES string of the molecule is CCNC(=NCc1cccc(CN2CCCC(C(N)=O)C2)c1)N1CCSC(CC)C1. The first-order valence-corrected chi connectivity index (χ1v) is 12.4. The van der Waals surface area contributed by atoms with E-state index in [1.165, 1.54) is 23.3 Å². The molecule has 7 heteroatoms. The lowest BCUT2D eigenvalue weighted by atomic mass is 9.97. The van der Waals surface area contributed by atoms with Crippen LogP contribution in [-0.2, 0) is 17.9 Å². The molecular formula is C23H37N5OS. The lowest BCUT2D eigenvalue weighted by Crippen LogP contribution is -2.48. The summed E-state index contributed by atoms with van der Waals surface area (Å²) in [5.41, 5.74) is 8.03. The Hall–Kier alpha value is -1.73. The summed E-state index contributed by atoms with van der Waals surface area (Å²) in [7, 11) is 0. The smallest absolute Gasteiger partial charge is 0.221 e. The van der Waals surface area contributed by atoms with Crippen molar-refractivity contribution in [3.8, 4) is 0 Å². The molecule has 1 aromatic rings. The summed E-state index contributed by atoms with van der Waals surface area (Å²) in [4.78, 5) is 21.3. The molecule has 3 N–H and O–H groups in total. The van der Waals surface area contributed by atoms with E-state index in [1.807, 2.05) is 0 Å². The number of rotatable bonds is 7. The van der Waals surface area contributed by atoms with E-state index in [1.54, 1.807) is 0 Å². The third kappa shape index (κ3) is 6.64. The predicted octanol–water partition coefficient (Wildman–Crippen LogP) is 2.68. The highest BCUT2D eigenvalue weighted by molar-refractivity contribution is 8.00. The zero-order chi connectivity index (χ0) is 21.3. The van der Waals surface area contributed by atoms with Crippen molar-refractivity contribution in [2.24, 2.45) is 16.6 Å². The van der Waals surface area contributed by atoms with E-state index in [0.29, 0.717) is 11.8 Å². The van der Waals surface area contributed by atoms with Gasteiger partial charge in [-0.25, -0.2) is 4.99 Å². The van der Waals surface area contributed by atoms with E-state index in [-0.39, 0.29) is 11.8 Å². The Morgan fingerprint density at radius 2 is 2.10 bits per heavy atom. The molecule has 2 saturated heterocycles. The Kier molecular flexibility index (Phi) is 8.88. The summed E-state index contributed by atoms with van der Waals surface area (Å²) in [6.07, 6.45) is 3.16. The third-order valence-electron chi connectivity index (χ3n) is 5.95. The highest BCUT2D eigenvalue weighted by Crippen LogP contribution is 2.22. The van der Waals surface area contributed by atoms with E-state index >= 15 is 0 Å². The molecule has 2 unspecified atom stereocenters. The molecular weight excluding hydrogens is 394 g/mol. The number of hydrogen-bond acceptors (Lipinski definition) is 4. The molecule has 0 radical (unpaired) electrons. The van der Waals surface area contributed by atoms with Gasteiger partial charge in [-0.15, -0.1) is 0 Å². The van der Waals surface area contributed by atoms with Gasteiger partial charge in [-0.1, -0.05) is 31.2 Å². The number of nitrogens with zero attached hydrogens (tertiary/aromatic N) is 3. The second kappa shape index (κ2) is 11.6. The molecule has 0 bridgehead atoms. The van der Waals surface area contributed by atoms with Crippen molar-refractivity contribution >= 4 is 23.6 Å². The van der Waals surface area contributed by atoms with Gasteiger partial charge in [0.15, 0.2) is 5.96 Å². The standard InChI is InChI=1S/C23H37N5OS/c1-3-21-17-28(11-12-30-21)23(25-4-2)26-14-18-7-5-8-19(13-18)15-27-10-6-9-20(16-27)22(24)29/h5,7-8,13,20-21H,3-4,6,9-12,14-17H2,1-2H3,(H2,24,29)(H,25,26). The summed E-state index contributed by atoms with van der Waals surface area (Å²) in [5, 5.41) is 4.17. The Morgan fingerprint density at radius 3 is 2.87 bits per heavy atom.